The van der Waals surface area contributed by atoms with Gasteiger partial charge in [0.15, 0.2) is 0 Å². The summed E-state index contributed by atoms with van der Waals surface area (Å²) in [7, 11) is 1.84. The van der Waals surface area contributed by atoms with E-state index in [4.69, 9.17) is 17.0 Å². The number of nitrogens with zero attached hydrogens (tertiary/aromatic N) is 1. The van der Waals surface area contributed by atoms with Gasteiger partial charge in [-0.05, 0) is 36.8 Å². The molecule has 30 heavy (non-hydrogen) atoms. The fraction of sp³-hybridized carbons (Fsp3) is 0.440. The van der Waals surface area contributed by atoms with E-state index < -0.39 is 5.97 Å². The van der Waals surface area contributed by atoms with Crippen molar-refractivity contribution in [1.29, 1.82) is 0 Å². The number of carboxylic acid groups (broad SMARTS) is 1. The van der Waals surface area contributed by atoms with Crippen LogP contribution < -0.4 is 9.64 Å². The summed E-state index contributed by atoms with van der Waals surface area (Å²) in [5.74, 6) is -0.141. The van der Waals surface area contributed by atoms with Gasteiger partial charge in [-0.15, -0.1) is 0 Å². The molecule has 5 heteroatoms. The highest BCUT2D eigenvalue weighted by atomic mass is 32.1. The number of carboxylic acids is 1. The van der Waals surface area contributed by atoms with Crippen LogP contribution in [0.25, 0.3) is 0 Å². The molecule has 0 aliphatic carbocycles. The Morgan fingerprint density at radius 3 is 2.07 bits per heavy atom. The number of ether oxygens (including phenoxy) is 1. The summed E-state index contributed by atoms with van der Waals surface area (Å²) < 4.78 is 5.85. The topological polar surface area (TPSA) is 49.8 Å². The van der Waals surface area contributed by atoms with E-state index in [0.29, 0.717) is 10.6 Å². The van der Waals surface area contributed by atoms with Gasteiger partial charge >= 0.3 is 5.97 Å². The maximum absolute atomic E-state index is 11.5. The number of hydrogen-bond donors (Lipinski definition) is 1. The van der Waals surface area contributed by atoms with E-state index in [9.17, 15) is 9.90 Å². The van der Waals surface area contributed by atoms with Crippen molar-refractivity contribution in [2.75, 3.05) is 18.6 Å². The van der Waals surface area contributed by atoms with E-state index >= 15 is 0 Å². The van der Waals surface area contributed by atoms with Gasteiger partial charge in [0, 0.05) is 18.3 Å². The average Bonchev–Trinajstić information content (AvgIpc) is 2.77. The quantitative estimate of drug-likeness (QED) is 0.284. The second-order valence-corrected chi connectivity index (χ2v) is 7.92. The first-order valence-electron chi connectivity index (χ1n) is 10.9. The minimum Gasteiger partial charge on any atom is -0.494 e. The van der Waals surface area contributed by atoms with Gasteiger partial charge in [0.2, 0.25) is 0 Å². The SMILES string of the molecule is CCCCCCCCCCOc1ccc(N(C)C(=S)c2ccccc2C(=O)O)cc1. The Kier molecular flexibility index (Phi) is 10.4. The Hall–Kier alpha value is -2.40. The molecular formula is C25H33NO3S. The zero-order valence-corrected chi connectivity index (χ0v) is 18.9. The molecule has 162 valence electrons. The third-order valence-electron chi connectivity index (χ3n) is 5.18. The second kappa shape index (κ2) is 13.0. The number of benzene rings is 2. The molecule has 0 fully saturated rings. The van der Waals surface area contributed by atoms with Crippen LogP contribution in [0.5, 0.6) is 5.75 Å². The Labute approximate surface area is 185 Å². The van der Waals surface area contributed by atoms with Crippen LogP contribution >= 0.6 is 12.2 Å². The summed E-state index contributed by atoms with van der Waals surface area (Å²) in [6.07, 6.45) is 10.3. The van der Waals surface area contributed by atoms with Crippen molar-refractivity contribution in [2.24, 2.45) is 0 Å². The Morgan fingerprint density at radius 1 is 0.900 bits per heavy atom. The van der Waals surface area contributed by atoms with Gasteiger partial charge in [-0.3, -0.25) is 0 Å². The number of rotatable bonds is 13. The Bertz CT molecular complexity index is 804. The highest BCUT2D eigenvalue weighted by molar-refractivity contribution is 7.81. The first-order chi connectivity index (χ1) is 14.5. The molecule has 0 radical (unpaired) electrons. The van der Waals surface area contributed by atoms with Crippen molar-refractivity contribution in [1.82, 2.24) is 0 Å². The van der Waals surface area contributed by atoms with E-state index in [1.165, 1.54) is 44.9 Å². The Balaban J connectivity index is 1.80. The molecule has 2 aromatic carbocycles. The maximum atomic E-state index is 11.5. The van der Waals surface area contributed by atoms with Crippen LogP contribution in [0.2, 0.25) is 0 Å². The van der Waals surface area contributed by atoms with Crippen molar-refractivity contribution in [2.45, 2.75) is 58.3 Å². The minimum atomic E-state index is -0.981. The van der Waals surface area contributed by atoms with Crippen LogP contribution in [0.1, 0.15) is 74.2 Å². The average molecular weight is 428 g/mol. The zero-order valence-electron chi connectivity index (χ0n) is 18.1. The molecule has 0 spiro atoms. The number of anilines is 1. The molecule has 0 unspecified atom stereocenters. The summed E-state index contributed by atoms with van der Waals surface area (Å²) in [5.41, 5.74) is 1.64. The summed E-state index contributed by atoms with van der Waals surface area (Å²) in [4.78, 5) is 13.8. The predicted octanol–water partition coefficient (Wildman–Crippen LogP) is 6.72. The van der Waals surface area contributed by atoms with Gasteiger partial charge in [-0.1, -0.05) is 82.3 Å². The number of unbranched alkanes of at least 4 members (excludes halogenated alkanes) is 7. The van der Waals surface area contributed by atoms with E-state index in [-0.39, 0.29) is 5.56 Å². The minimum absolute atomic E-state index is 0.208. The molecule has 0 aliphatic heterocycles. The lowest BCUT2D eigenvalue weighted by Crippen LogP contribution is -2.26. The molecule has 0 bridgehead atoms. The Morgan fingerprint density at radius 2 is 1.47 bits per heavy atom. The fourth-order valence-corrected chi connectivity index (χ4v) is 3.63. The number of hydrogen-bond acceptors (Lipinski definition) is 3. The van der Waals surface area contributed by atoms with Crippen molar-refractivity contribution < 1.29 is 14.6 Å². The molecule has 2 rings (SSSR count). The van der Waals surface area contributed by atoms with Gasteiger partial charge in [0.1, 0.15) is 10.7 Å². The van der Waals surface area contributed by atoms with Crippen molar-refractivity contribution in [3.63, 3.8) is 0 Å². The van der Waals surface area contributed by atoms with Gasteiger partial charge in [0.25, 0.3) is 0 Å². The lowest BCUT2D eigenvalue weighted by Gasteiger charge is -2.21. The fourth-order valence-electron chi connectivity index (χ4n) is 3.35. The highest BCUT2D eigenvalue weighted by Gasteiger charge is 2.16. The smallest absolute Gasteiger partial charge is 0.336 e. The van der Waals surface area contributed by atoms with E-state index in [1.807, 2.05) is 36.2 Å². The van der Waals surface area contributed by atoms with Crippen LogP contribution in [-0.4, -0.2) is 29.7 Å². The summed E-state index contributed by atoms with van der Waals surface area (Å²) in [6, 6.07) is 14.6. The molecule has 2 aromatic rings. The van der Waals surface area contributed by atoms with E-state index in [2.05, 4.69) is 6.92 Å². The first-order valence-corrected chi connectivity index (χ1v) is 11.3. The molecular weight excluding hydrogens is 394 g/mol. The third kappa shape index (κ3) is 7.45. The monoisotopic (exact) mass is 427 g/mol. The van der Waals surface area contributed by atoms with Crippen LogP contribution in [0.3, 0.4) is 0 Å². The largest absolute Gasteiger partial charge is 0.494 e. The standard InChI is InChI=1S/C25H33NO3S/c1-3-4-5-6-7-8-9-12-19-29-21-17-15-20(16-18-21)26(2)24(30)22-13-10-11-14-23(22)25(27)28/h10-11,13-18H,3-9,12,19H2,1-2H3,(H,27,28). The summed E-state index contributed by atoms with van der Waals surface area (Å²) in [5, 5.41) is 9.39. The van der Waals surface area contributed by atoms with E-state index in [1.54, 1.807) is 24.3 Å². The van der Waals surface area contributed by atoms with E-state index in [0.717, 1.165) is 24.5 Å². The van der Waals surface area contributed by atoms with Crippen molar-refractivity contribution >= 4 is 28.9 Å². The molecule has 4 nitrogen and oxygen atoms in total. The predicted molar refractivity (Wildman–Crippen MR) is 128 cm³/mol. The molecule has 0 saturated heterocycles. The number of carbonyl (C=O) groups is 1. The van der Waals surface area contributed by atoms with Crippen LogP contribution in [0.4, 0.5) is 5.69 Å². The molecule has 0 saturated carbocycles. The normalized spacial score (nSPS) is 10.6. The number of thiocarbonyl (C=S) groups is 1. The maximum Gasteiger partial charge on any atom is 0.336 e. The highest BCUT2D eigenvalue weighted by Crippen LogP contribution is 2.22. The van der Waals surface area contributed by atoms with Gasteiger partial charge in [0.05, 0.1) is 12.2 Å². The molecule has 0 atom stereocenters. The molecule has 0 aromatic heterocycles. The van der Waals surface area contributed by atoms with Crippen LogP contribution in [0, 0.1) is 0 Å². The van der Waals surface area contributed by atoms with Gasteiger partial charge in [-0.2, -0.15) is 0 Å². The summed E-state index contributed by atoms with van der Waals surface area (Å²) in [6.45, 7) is 2.98. The lowest BCUT2D eigenvalue weighted by atomic mass is 10.1. The second-order valence-electron chi connectivity index (χ2n) is 7.53. The van der Waals surface area contributed by atoms with Crippen molar-refractivity contribution in [3.8, 4) is 5.75 Å². The lowest BCUT2D eigenvalue weighted by molar-refractivity contribution is 0.0696. The molecule has 1 N–H and O–H groups in total. The van der Waals surface area contributed by atoms with Crippen molar-refractivity contribution in [3.05, 3.63) is 59.7 Å². The van der Waals surface area contributed by atoms with Crippen LogP contribution in [0.15, 0.2) is 48.5 Å². The molecule has 0 heterocycles. The van der Waals surface area contributed by atoms with Gasteiger partial charge < -0.3 is 14.7 Å². The first kappa shape index (κ1) is 23.9. The molecule has 0 amide bonds. The van der Waals surface area contributed by atoms with Gasteiger partial charge in [-0.25, -0.2) is 4.79 Å². The zero-order chi connectivity index (χ0) is 21.8. The summed E-state index contributed by atoms with van der Waals surface area (Å²) >= 11 is 5.54. The number of aromatic carboxylic acids is 1. The molecule has 0 aliphatic rings. The van der Waals surface area contributed by atoms with Crippen LogP contribution in [-0.2, 0) is 0 Å². The third-order valence-corrected chi connectivity index (χ3v) is 5.68.